The van der Waals surface area contributed by atoms with E-state index in [2.05, 4.69) is 13.8 Å². The van der Waals surface area contributed by atoms with Crippen LogP contribution < -0.4 is 0 Å². The van der Waals surface area contributed by atoms with Crippen LogP contribution in [0.15, 0.2) is 58.3 Å². The first-order valence-corrected chi connectivity index (χ1v) is 19.0. The van der Waals surface area contributed by atoms with Gasteiger partial charge in [-0.3, -0.25) is 0 Å². The van der Waals surface area contributed by atoms with Crippen LogP contribution in [0.5, 0.6) is 0 Å². The van der Waals surface area contributed by atoms with Crippen LogP contribution in [0.25, 0.3) is 0 Å². The fourth-order valence-corrected chi connectivity index (χ4v) is 6.07. The molecule has 0 aromatic heterocycles. The molecule has 2 aromatic rings. The van der Waals surface area contributed by atoms with Crippen molar-refractivity contribution in [1.29, 1.82) is 0 Å². The van der Waals surface area contributed by atoms with Crippen LogP contribution >= 0.6 is 0 Å². The van der Waals surface area contributed by atoms with Crippen LogP contribution in [0.4, 0.5) is 0 Å². The van der Waals surface area contributed by atoms with Gasteiger partial charge in [0.15, 0.2) is 0 Å². The molecule has 0 atom stereocenters. The summed E-state index contributed by atoms with van der Waals surface area (Å²) in [4.78, 5) is -0.230. The molecular weight excluding hydrogens is 593 g/mol. The maximum absolute atomic E-state index is 11.0. The van der Waals surface area contributed by atoms with Crippen LogP contribution in [0.3, 0.4) is 0 Å². The van der Waals surface area contributed by atoms with E-state index in [9.17, 15) is 25.9 Å². The summed E-state index contributed by atoms with van der Waals surface area (Å²) in [5, 5.41) is 0. The summed E-state index contributed by atoms with van der Waals surface area (Å²) in [6.07, 6.45) is 24.5. The Morgan fingerprint density at radius 1 is 0.465 bits per heavy atom. The zero-order chi connectivity index (χ0) is 31.1. The normalized spacial score (nSPS) is 11.4. The van der Waals surface area contributed by atoms with Gasteiger partial charge in [-0.25, -0.2) is 16.8 Å². The summed E-state index contributed by atoms with van der Waals surface area (Å²) >= 11 is 0. The molecule has 0 aliphatic rings. The molecule has 240 valence electrons. The van der Waals surface area contributed by atoms with Gasteiger partial charge in [0.2, 0.25) is 0 Å². The first-order valence-electron chi connectivity index (χ1n) is 16.2. The summed E-state index contributed by atoms with van der Waals surface area (Å²) in [5.74, 6) is 0. The van der Waals surface area contributed by atoms with Crippen molar-refractivity contribution in [3.8, 4) is 0 Å². The fraction of sp³-hybridized carbons (Fsp3) is 0.647. The quantitative estimate of drug-likeness (QED) is 0.0716. The third-order valence-corrected chi connectivity index (χ3v) is 9.17. The molecule has 2 rings (SSSR count). The topological polar surface area (TPSA) is 114 Å². The van der Waals surface area contributed by atoms with Crippen molar-refractivity contribution in [3.63, 3.8) is 0 Å². The van der Waals surface area contributed by atoms with Crippen LogP contribution in [-0.4, -0.2) is 49.0 Å². The third kappa shape index (κ3) is 22.2. The van der Waals surface area contributed by atoms with Gasteiger partial charge in [-0.1, -0.05) is 141 Å². The SMILES string of the molecule is CCCCCCCCCCCc1cccc(S(=O)(=O)[O-])c1.CCCCCCCCCCCc1cccc(S(=O)(=O)[O-])c1.[Mg+2]. The van der Waals surface area contributed by atoms with Gasteiger partial charge in [0, 0.05) is 0 Å². The summed E-state index contributed by atoms with van der Waals surface area (Å²) in [6, 6.07) is 12.8. The number of hydrogen-bond donors (Lipinski definition) is 0. The van der Waals surface area contributed by atoms with E-state index in [0.717, 1.165) is 36.8 Å². The van der Waals surface area contributed by atoms with E-state index in [0.29, 0.717) is 0 Å². The molecule has 0 aliphatic heterocycles. The van der Waals surface area contributed by atoms with E-state index in [1.807, 2.05) is 12.1 Å². The Hall–Kier alpha value is -0.974. The number of unbranched alkanes of at least 4 members (excludes halogenated alkanes) is 16. The summed E-state index contributed by atoms with van der Waals surface area (Å²) in [6.45, 7) is 4.46. The van der Waals surface area contributed by atoms with E-state index in [1.165, 1.54) is 127 Å². The van der Waals surface area contributed by atoms with Crippen molar-refractivity contribution in [2.45, 2.75) is 152 Å². The molecule has 0 saturated carbocycles. The second-order valence-corrected chi connectivity index (χ2v) is 14.1. The van der Waals surface area contributed by atoms with Crippen molar-refractivity contribution in [2.75, 3.05) is 0 Å². The third-order valence-electron chi connectivity index (χ3n) is 7.51. The van der Waals surface area contributed by atoms with Gasteiger partial charge in [-0.05, 0) is 61.1 Å². The summed E-state index contributed by atoms with van der Waals surface area (Å²) in [7, 11) is -8.65. The molecule has 0 unspecified atom stereocenters. The van der Waals surface area contributed by atoms with Crippen molar-refractivity contribution in [3.05, 3.63) is 59.7 Å². The molecule has 6 nitrogen and oxygen atoms in total. The Labute approximate surface area is 279 Å². The number of benzene rings is 2. The molecular formula is C34H54MgO6S2. The van der Waals surface area contributed by atoms with Crippen molar-refractivity contribution < 1.29 is 25.9 Å². The summed E-state index contributed by atoms with van der Waals surface area (Å²) in [5.41, 5.74) is 1.88. The summed E-state index contributed by atoms with van der Waals surface area (Å²) < 4.78 is 65.7. The van der Waals surface area contributed by atoms with E-state index < -0.39 is 20.2 Å². The standard InChI is InChI=1S/2C17H28O3S.Mg/c2*1-2-3-4-5-6-7-8-9-10-12-16-13-11-14-17(15-16)21(18,19)20;/h2*11,13-15H,2-10,12H2,1H3,(H,18,19,20);/q;;+2/p-2. The van der Waals surface area contributed by atoms with Gasteiger partial charge < -0.3 is 9.11 Å². The molecule has 0 aliphatic carbocycles. The van der Waals surface area contributed by atoms with Crippen molar-refractivity contribution >= 4 is 43.3 Å². The van der Waals surface area contributed by atoms with E-state index in [1.54, 1.807) is 12.1 Å². The molecule has 0 fully saturated rings. The van der Waals surface area contributed by atoms with Gasteiger partial charge in [0.25, 0.3) is 0 Å². The number of hydrogen-bond acceptors (Lipinski definition) is 6. The minimum Gasteiger partial charge on any atom is -0.744 e. The number of aryl methyl sites for hydroxylation is 2. The second-order valence-electron chi connectivity index (χ2n) is 11.4. The molecule has 43 heavy (non-hydrogen) atoms. The average molecular weight is 647 g/mol. The molecule has 0 spiro atoms. The Balaban J connectivity index is 0.000000802. The van der Waals surface area contributed by atoms with Gasteiger partial charge in [-0.2, -0.15) is 0 Å². The van der Waals surface area contributed by atoms with Crippen LogP contribution in [0, 0.1) is 0 Å². The van der Waals surface area contributed by atoms with Gasteiger partial charge in [0.1, 0.15) is 20.2 Å². The molecule has 0 bridgehead atoms. The largest absolute Gasteiger partial charge is 2.00 e. The fourth-order valence-electron chi connectivity index (χ4n) is 4.99. The van der Waals surface area contributed by atoms with Crippen LogP contribution in [0.1, 0.15) is 141 Å². The van der Waals surface area contributed by atoms with Crippen LogP contribution in [-0.2, 0) is 33.1 Å². The monoisotopic (exact) mass is 646 g/mol. The first kappa shape index (κ1) is 42.0. The molecule has 0 amide bonds. The molecule has 0 radical (unpaired) electrons. The maximum Gasteiger partial charge on any atom is 2.00 e. The Morgan fingerprint density at radius 3 is 1.02 bits per heavy atom. The Morgan fingerprint density at radius 2 is 0.744 bits per heavy atom. The predicted molar refractivity (Wildman–Crippen MR) is 176 cm³/mol. The molecule has 9 heteroatoms. The maximum atomic E-state index is 11.0. The minimum absolute atomic E-state index is 0. The zero-order valence-corrected chi connectivity index (χ0v) is 29.8. The Bertz CT molecular complexity index is 1090. The zero-order valence-electron chi connectivity index (χ0n) is 26.7. The Kier molecular flexibility index (Phi) is 24.7. The van der Waals surface area contributed by atoms with Crippen molar-refractivity contribution in [1.82, 2.24) is 0 Å². The van der Waals surface area contributed by atoms with Gasteiger partial charge >= 0.3 is 23.1 Å². The van der Waals surface area contributed by atoms with Crippen LogP contribution in [0.2, 0.25) is 0 Å². The van der Waals surface area contributed by atoms with Gasteiger partial charge in [-0.15, -0.1) is 0 Å². The smallest absolute Gasteiger partial charge is 0.744 e. The first-order chi connectivity index (χ1) is 20.1. The van der Waals surface area contributed by atoms with E-state index in [4.69, 9.17) is 0 Å². The van der Waals surface area contributed by atoms with E-state index in [-0.39, 0.29) is 32.8 Å². The average Bonchev–Trinajstić information content (AvgIpc) is 2.95. The molecule has 0 saturated heterocycles. The van der Waals surface area contributed by atoms with Crippen molar-refractivity contribution in [2.24, 2.45) is 0 Å². The predicted octanol–water partition coefficient (Wildman–Crippen LogP) is 8.95. The second kappa shape index (κ2) is 25.2. The number of rotatable bonds is 22. The van der Waals surface area contributed by atoms with E-state index >= 15 is 0 Å². The minimum atomic E-state index is -4.33. The van der Waals surface area contributed by atoms with Gasteiger partial charge in [0.05, 0.1) is 9.79 Å². The molecule has 0 heterocycles. The molecule has 2 aromatic carbocycles. The molecule has 0 N–H and O–H groups in total.